The second-order valence-corrected chi connectivity index (χ2v) is 5.07. The van der Waals surface area contributed by atoms with Gasteiger partial charge in [-0.3, -0.25) is 14.9 Å². The molecule has 0 unspecified atom stereocenters. The summed E-state index contributed by atoms with van der Waals surface area (Å²) in [4.78, 5) is 23.2. The number of nitrogens with zero attached hydrogens (tertiary/aromatic N) is 1. The zero-order chi connectivity index (χ0) is 15.2. The van der Waals surface area contributed by atoms with E-state index in [0.29, 0.717) is 11.3 Å². The standard InChI is InChI=1S/C15H13NO4S/c1-21-14-7-5-11(6-8-14)15(17)10-20-13-4-2-3-12(9-13)16(18)19/h2-9H,10H2,1H3. The van der Waals surface area contributed by atoms with Crippen LogP contribution in [0.3, 0.4) is 0 Å². The number of nitro groups is 1. The maximum atomic E-state index is 12.0. The van der Waals surface area contributed by atoms with Gasteiger partial charge in [-0.2, -0.15) is 0 Å². The van der Waals surface area contributed by atoms with Crippen molar-refractivity contribution in [2.45, 2.75) is 4.90 Å². The molecule has 0 bridgehead atoms. The van der Waals surface area contributed by atoms with Crippen LogP contribution in [0.15, 0.2) is 53.4 Å². The Labute approximate surface area is 126 Å². The highest BCUT2D eigenvalue weighted by Crippen LogP contribution is 2.19. The topological polar surface area (TPSA) is 69.4 Å². The number of hydrogen-bond acceptors (Lipinski definition) is 5. The van der Waals surface area contributed by atoms with Gasteiger partial charge in [0.15, 0.2) is 12.4 Å². The lowest BCUT2D eigenvalue weighted by Crippen LogP contribution is -2.11. The number of carbonyl (C=O) groups is 1. The maximum absolute atomic E-state index is 12.0. The Morgan fingerprint density at radius 1 is 1.24 bits per heavy atom. The average Bonchev–Trinajstić information content (AvgIpc) is 2.53. The van der Waals surface area contributed by atoms with Crippen LogP contribution in [0, 0.1) is 10.1 Å². The van der Waals surface area contributed by atoms with E-state index >= 15 is 0 Å². The number of Topliss-reactive ketones (excluding diaryl/α,β-unsaturated/α-hetero) is 1. The van der Waals surface area contributed by atoms with Crippen LogP contribution in [0.1, 0.15) is 10.4 Å². The Morgan fingerprint density at radius 2 is 1.95 bits per heavy atom. The van der Waals surface area contributed by atoms with Gasteiger partial charge in [-0.05, 0) is 24.5 Å². The van der Waals surface area contributed by atoms with Crippen LogP contribution in [0.5, 0.6) is 5.75 Å². The molecule has 6 heteroatoms. The summed E-state index contributed by atoms with van der Waals surface area (Å²) in [5.41, 5.74) is 0.488. The summed E-state index contributed by atoms with van der Waals surface area (Å²) in [6, 6.07) is 13.0. The third-order valence-corrected chi connectivity index (χ3v) is 3.55. The van der Waals surface area contributed by atoms with Crippen molar-refractivity contribution < 1.29 is 14.5 Å². The first-order valence-corrected chi connectivity index (χ1v) is 7.37. The minimum atomic E-state index is -0.504. The molecule has 0 aliphatic carbocycles. The van der Waals surface area contributed by atoms with E-state index in [1.165, 1.54) is 18.2 Å². The molecule has 0 heterocycles. The lowest BCUT2D eigenvalue weighted by atomic mass is 10.1. The van der Waals surface area contributed by atoms with Crippen LogP contribution in [-0.4, -0.2) is 23.6 Å². The number of carbonyl (C=O) groups excluding carboxylic acids is 1. The molecule has 0 saturated heterocycles. The van der Waals surface area contributed by atoms with E-state index < -0.39 is 4.92 Å². The molecule has 0 aromatic heterocycles. The van der Waals surface area contributed by atoms with Crippen molar-refractivity contribution in [2.75, 3.05) is 12.9 Å². The molecule has 0 N–H and O–H groups in total. The van der Waals surface area contributed by atoms with E-state index in [1.54, 1.807) is 30.0 Å². The van der Waals surface area contributed by atoms with Crippen molar-refractivity contribution in [1.82, 2.24) is 0 Å². The van der Waals surface area contributed by atoms with Gasteiger partial charge in [-0.25, -0.2) is 0 Å². The van der Waals surface area contributed by atoms with E-state index in [9.17, 15) is 14.9 Å². The van der Waals surface area contributed by atoms with Crippen LogP contribution in [0.25, 0.3) is 0 Å². The fraction of sp³-hybridized carbons (Fsp3) is 0.133. The van der Waals surface area contributed by atoms with Crippen molar-refractivity contribution in [3.8, 4) is 5.75 Å². The lowest BCUT2D eigenvalue weighted by molar-refractivity contribution is -0.384. The lowest BCUT2D eigenvalue weighted by Gasteiger charge is -2.06. The summed E-state index contributed by atoms with van der Waals surface area (Å²) >= 11 is 1.60. The summed E-state index contributed by atoms with van der Waals surface area (Å²) < 4.78 is 5.31. The van der Waals surface area contributed by atoms with Crippen molar-refractivity contribution in [2.24, 2.45) is 0 Å². The molecule has 0 atom stereocenters. The molecule has 5 nitrogen and oxygen atoms in total. The van der Waals surface area contributed by atoms with E-state index in [4.69, 9.17) is 4.74 Å². The Balaban J connectivity index is 2.00. The number of non-ortho nitro benzene ring substituents is 1. The van der Waals surface area contributed by atoms with Gasteiger partial charge >= 0.3 is 0 Å². The molecule has 2 aromatic rings. The van der Waals surface area contributed by atoms with Crippen molar-refractivity contribution >= 4 is 23.2 Å². The molecular weight excluding hydrogens is 290 g/mol. The number of rotatable bonds is 6. The maximum Gasteiger partial charge on any atom is 0.273 e. The predicted octanol–water partition coefficient (Wildman–Crippen LogP) is 3.58. The summed E-state index contributed by atoms with van der Waals surface area (Å²) in [5, 5.41) is 10.7. The van der Waals surface area contributed by atoms with Gasteiger partial charge in [0.1, 0.15) is 5.75 Å². The zero-order valence-corrected chi connectivity index (χ0v) is 12.1. The number of thioether (sulfide) groups is 1. The Morgan fingerprint density at radius 3 is 2.57 bits per heavy atom. The Bertz CT molecular complexity index is 655. The monoisotopic (exact) mass is 303 g/mol. The van der Waals surface area contributed by atoms with Gasteiger partial charge in [-0.15, -0.1) is 11.8 Å². The third kappa shape index (κ3) is 4.06. The minimum absolute atomic E-state index is 0.0655. The quantitative estimate of drug-likeness (QED) is 0.353. The SMILES string of the molecule is CSc1ccc(C(=O)COc2cccc([N+](=O)[O-])c2)cc1. The van der Waals surface area contributed by atoms with Crippen molar-refractivity contribution in [1.29, 1.82) is 0 Å². The molecule has 0 radical (unpaired) electrons. The van der Waals surface area contributed by atoms with E-state index in [2.05, 4.69) is 0 Å². The molecule has 0 fully saturated rings. The highest BCUT2D eigenvalue weighted by Gasteiger charge is 2.09. The summed E-state index contributed by atoms with van der Waals surface area (Å²) in [6.45, 7) is -0.153. The zero-order valence-electron chi connectivity index (χ0n) is 11.3. The molecule has 0 spiro atoms. The highest BCUT2D eigenvalue weighted by atomic mass is 32.2. The van der Waals surface area contributed by atoms with Gasteiger partial charge in [0.05, 0.1) is 11.0 Å². The first-order chi connectivity index (χ1) is 10.1. The van der Waals surface area contributed by atoms with E-state index in [-0.39, 0.29) is 18.1 Å². The minimum Gasteiger partial charge on any atom is -0.485 e. The predicted molar refractivity (Wildman–Crippen MR) is 81.1 cm³/mol. The first kappa shape index (κ1) is 15.1. The molecule has 2 aromatic carbocycles. The van der Waals surface area contributed by atoms with Gasteiger partial charge in [0.25, 0.3) is 5.69 Å². The summed E-state index contributed by atoms with van der Waals surface area (Å²) in [6.07, 6.45) is 1.96. The molecule has 2 rings (SSSR count). The first-order valence-electron chi connectivity index (χ1n) is 6.14. The molecule has 0 amide bonds. The molecule has 0 saturated carbocycles. The van der Waals surface area contributed by atoms with Crippen LogP contribution >= 0.6 is 11.8 Å². The van der Waals surface area contributed by atoms with E-state index in [0.717, 1.165) is 4.90 Å². The number of benzene rings is 2. The van der Waals surface area contributed by atoms with Crippen LogP contribution in [-0.2, 0) is 0 Å². The van der Waals surface area contributed by atoms with Gasteiger partial charge in [0, 0.05) is 16.5 Å². The number of nitro benzene ring substituents is 1. The molecule has 21 heavy (non-hydrogen) atoms. The number of ketones is 1. The van der Waals surface area contributed by atoms with Crippen molar-refractivity contribution in [3.63, 3.8) is 0 Å². The Kier molecular flexibility index (Phi) is 4.94. The second-order valence-electron chi connectivity index (χ2n) is 4.19. The smallest absolute Gasteiger partial charge is 0.273 e. The molecular formula is C15H13NO4S. The van der Waals surface area contributed by atoms with Crippen molar-refractivity contribution in [3.05, 3.63) is 64.2 Å². The van der Waals surface area contributed by atoms with Gasteiger partial charge in [-0.1, -0.05) is 18.2 Å². The summed E-state index contributed by atoms with van der Waals surface area (Å²) in [7, 11) is 0. The van der Waals surface area contributed by atoms with Crippen LogP contribution in [0.4, 0.5) is 5.69 Å². The van der Waals surface area contributed by atoms with Crippen LogP contribution < -0.4 is 4.74 Å². The fourth-order valence-electron chi connectivity index (χ4n) is 1.70. The average molecular weight is 303 g/mol. The van der Waals surface area contributed by atoms with Crippen LogP contribution in [0.2, 0.25) is 0 Å². The normalized spacial score (nSPS) is 10.1. The number of ether oxygens (including phenoxy) is 1. The largest absolute Gasteiger partial charge is 0.485 e. The molecule has 0 aliphatic heterocycles. The molecule has 108 valence electrons. The van der Waals surface area contributed by atoms with E-state index in [1.807, 2.05) is 18.4 Å². The second kappa shape index (κ2) is 6.90. The van der Waals surface area contributed by atoms with Gasteiger partial charge < -0.3 is 4.74 Å². The molecule has 0 aliphatic rings. The third-order valence-electron chi connectivity index (χ3n) is 2.81. The number of hydrogen-bond donors (Lipinski definition) is 0. The highest BCUT2D eigenvalue weighted by molar-refractivity contribution is 7.98. The summed E-state index contributed by atoms with van der Waals surface area (Å²) in [5.74, 6) is 0.132. The Hall–Kier alpha value is -2.34. The fourth-order valence-corrected chi connectivity index (χ4v) is 2.10. The van der Waals surface area contributed by atoms with Gasteiger partial charge in [0.2, 0.25) is 0 Å².